The van der Waals surface area contributed by atoms with Crippen LogP contribution in [-0.2, 0) is 47.1 Å². The van der Waals surface area contributed by atoms with Crippen LogP contribution < -0.4 is 14.4 Å². The zero-order chi connectivity index (χ0) is 53.8. The van der Waals surface area contributed by atoms with Crippen molar-refractivity contribution in [2.24, 2.45) is 0 Å². The van der Waals surface area contributed by atoms with Crippen LogP contribution in [0, 0.1) is 6.61 Å². The number of rotatable bonds is 34. The molecule has 5 atom stereocenters. The number of carbonyl (C=O) groups excluding carboxylic acids is 4. The van der Waals surface area contributed by atoms with Gasteiger partial charge in [-0.2, -0.15) is 0 Å². The minimum Gasteiger partial charge on any atom is -0.462 e. The van der Waals surface area contributed by atoms with Crippen molar-refractivity contribution in [3.63, 3.8) is 0 Å². The molecule has 1 fully saturated rings. The number of unbranched alkanes of at least 4 members (excludes halogenated alkanes) is 15. The van der Waals surface area contributed by atoms with Gasteiger partial charge >= 0.3 is 32.0 Å². The molecule has 2 aromatic rings. The fourth-order valence-electron chi connectivity index (χ4n) is 7.40. The zero-order valence-electron chi connectivity index (χ0n) is 42.2. The number of phosphoric acid groups is 1. The lowest BCUT2D eigenvalue weighted by Crippen LogP contribution is -2.60. The third kappa shape index (κ3) is 27.3. The van der Waals surface area contributed by atoms with Crippen molar-refractivity contribution in [1.82, 2.24) is 5.32 Å². The fourth-order valence-corrected chi connectivity index (χ4v) is 9.11. The number of alkyl carbamates (subject to hydrolysis) is 1. The largest absolute Gasteiger partial charge is 0.588 e. The Morgan fingerprint density at radius 2 is 1.18 bits per heavy atom. The highest BCUT2D eigenvalue weighted by Crippen LogP contribution is 2.52. The molecule has 0 spiro atoms. The van der Waals surface area contributed by atoms with Gasteiger partial charge in [0, 0.05) is 6.42 Å². The number of esters is 2. The Balaban J connectivity index is 2.00. The Hall–Kier alpha value is -2.59. The zero-order valence-corrected chi connectivity index (χ0v) is 47.7. The van der Waals surface area contributed by atoms with Gasteiger partial charge in [-0.15, -0.1) is 0 Å². The average Bonchev–Trinajstić information content (AvgIpc) is 3.31. The first-order valence-corrected chi connectivity index (χ1v) is 28.9. The predicted octanol–water partition coefficient (Wildman–Crippen LogP) is 15.6. The molecule has 15 nitrogen and oxygen atoms in total. The van der Waals surface area contributed by atoms with E-state index in [-0.39, 0.29) is 17.9 Å². The van der Waals surface area contributed by atoms with Crippen LogP contribution in [0.15, 0.2) is 60.7 Å². The minimum atomic E-state index is -4.93. The van der Waals surface area contributed by atoms with Gasteiger partial charge in [0.15, 0.2) is 11.7 Å². The number of halogens is 6. The van der Waals surface area contributed by atoms with Crippen molar-refractivity contribution in [3.8, 4) is 11.5 Å². The first kappa shape index (κ1) is 64.7. The molecule has 1 radical (unpaired) electrons. The van der Waals surface area contributed by atoms with Gasteiger partial charge in [0.1, 0.15) is 55.7 Å². The topological polar surface area (TPSA) is 180 Å². The number of para-hydroxylation sites is 2. The molecule has 3 rings (SSSR count). The van der Waals surface area contributed by atoms with E-state index in [2.05, 4.69) is 19.2 Å². The second-order valence-electron chi connectivity index (χ2n) is 18.3. The summed E-state index contributed by atoms with van der Waals surface area (Å²) in [4.78, 5) is 54.1. The van der Waals surface area contributed by atoms with Gasteiger partial charge < -0.3 is 42.8 Å². The Morgan fingerprint density at radius 1 is 0.671 bits per heavy atom. The second kappa shape index (κ2) is 34.2. The van der Waals surface area contributed by atoms with Crippen molar-refractivity contribution in [3.05, 3.63) is 67.3 Å². The molecule has 73 heavy (non-hydrogen) atoms. The van der Waals surface area contributed by atoms with E-state index in [0.717, 1.165) is 64.4 Å². The van der Waals surface area contributed by atoms with Gasteiger partial charge in [-0.05, 0) is 57.4 Å². The number of ether oxygens (including phenoxy) is 6. The summed E-state index contributed by atoms with van der Waals surface area (Å²) in [6.07, 6.45) is 9.44. The van der Waals surface area contributed by atoms with E-state index in [0.29, 0.717) is 19.3 Å². The highest BCUT2D eigenvalue weighted by Gasteiger charge is 2.51. The lowest BCUT2D eigenvalue weighted by Gasteiger charge is -2.41. The molecule has 1 saturated heterocycles. The smallest absolute Gasteiger partial charge is 0.462 e. The van der Waals surface area contributed by atoms with E-state index in [1.54, 1.807) is 36.4 Å². The van der Waals surface area contributed by atoms with Crippen molar-refractivity contribution in [2.45, 2.75) is 200 Å². The SMILES string of the molecule is CCCCCCCCCCC[C@H](CC(=O)O[C@H]1[C@H](OP(=O)(Oc2ccccc2)Oc2ccccc2)[C@@H](COC(=O)OC(C)(C)C(Cl)(Cl)Cl)O[CH][C@@H]1NC(=O)OCC(Cl)(Cl)Cl)OC(=O)CCCCCCCCCC. The standard InChI is InChI=1S/C51H73Cl6NO14P/c1-5-7-9-11-13-15-16-18-22-32-40(67-43(59)33-27-19-17-14-12-10-8-6-2)34-44(60)68-45-41(58-47(61)66-37-50(52,53)54)35-64-42(36-65-48(62)69-49(3,4)51(55,56)57)46(45)72-73(63,70-38-28-23-20-24-29-38)71-39-30-25-21-26-31-39/h20-21,23-26,28-31,35,40-42,45-46H,5-19,22,27,32-34,36-37H2,1-4H3,(H,58,61)/t40-,41+,42-,45-,46-/m1/s1. The number of carbonyl (C=O) groups is 4. The first-order chi connectivity index (χ1) is 34.6. The van der Waals surface area contributed by atoms with Crippen LogP contribution in [-0.4, -0.2) is 81.0 Å². The van der Waals surface area contributed by atoms with Crippen LogP contribution >= 0.6 is 77.4 Å². The number of alkyl halides is 6. The number of nitrogens with one attached hydrogen (secondary N) is 1. The third-order valence-electron chi connectivity index (χ3n) is 11.5. The molecule has 0 aromatic heterocycles. The molecular weight excluding hydrogens is 1090 g/mol. The van der Waals surface area contributed by atoms with Crippen molar-refractivity contribution < 1.29 is 65.7 Å². The van der Waals surface area contributed by atoms with E-state index in [1.807, 2.05) is 0 Å². The molecule has 0 unspecified atom stereocenters. The molecular formula is C51H73Cl6NO14P. The van der Waals surface area contributed by atoms with Crippen LogP contribution in [0.1, 0.15) is 156 Å². The van der Waals surface area contributed by atoms with Gasteiger partial charge in [-0.1, -0.05) is 216 Å². The normalized spacial score (nSPS) is 17.7. The van der Waals surface area contributed by atoms with Crippen molar-refractivity contribution in [2.75, 3.05) is 13.2 Å². The van der Waals surface area contributed by atoms with Gasteiger partial charge in [0.2, 0.25) is 7.59 Å². The lowest BCUT2D eigenvalue weighted by molar-refractivity contribution is -0.180. The summed E-state index contributed by atoms with van der Waals surface area (Å²) < 4.78 is 63.1. The number of benzene rings is 2. The molecule has 1 heterocycles. The van der Waals surface area contributed by atoms with Crippen molar-refractivity contribution >= 4 is 102 Å². The summed E-state index contributed by atoms with van der Waals surface area (Å²) in [7, 11) is -4.93. The van der Waals surface area contributed by atoms with Gasteiger partial charge in [0.05, 0.1) is 6.42 Å². The van der Waals surface area contributed by atoms with Crippen molar-refractivity contribution in [1.29, 1.82) is 0 Å². The Kier molecular flexibility index (Phi) is 30.3. The maximum atomic E-state index is 15.1. The highest BCUT2D eigenvalue weighted by atomic mass is 35.6. The number of hydrogen-bond donors (Lipinski definition) is 1. The average molecular weight is 1170 g/mol. The number of phosphoric ester groups is 1. The molecule has 22 heteroatoms. The summed E-state index contributed by atoms with van der Waals surface area (Å²) in [5.41, 5.74) is -1.70. The molecule has 1 aliphatic rings. The van der Waals surface area contributed by atoms with Crippen LogP contribution in [0.2, 0.25) is 0 Å². The molecule has 413 valence electrons. The van der Waals surface area contributed by atoms with E-state index >= 15 is 4.57 Å². The van der Waals surface area contributed by atoms with Crippen LogP contribution in [0.25, 0.3) is 0 Å². The maximum Gasteiger partial charge on any atom is 0.588 e. The summed E-state index contributed by atoms with van der Waals surface area (Å²) >= 11 is 35.7. The number of amides is 1. The first-order valence-electron chi connectivity index (χ1n) is 25.2. The Morgan fingerprint density at radius 3 is 1.68 bits per heavy atom. The van der Waals surface area contributed by atoms with Gasteiger partial charge in [-0.3, -0.25) is 14.1 Å². The van der Waals surface area contributed by atoms with E-state index in [1.165, 1.54) is 76.6 Å². The summed E-state index contributed by atoms with van der Waals surface area (Å²) in [5, 5.41) is 2.49. The van der Waals surface area contributed by atoms with Crippen LogP contribution in [0.5, 0.6) is 11.5 Å². The Labute approximate surface area is 461 Å². The summed E-state index contributed by atoms with van der Waals surface area (Å²) in [6.45, 7) is 6.62. The third-order valence-corrected chi connectivity index (χ3v) is 14.5. The fraction of sp³-hybridized carbons (Fsp3) is 0.667. The quantitative estimate of drug-likeness (QED) is 0.0230. The highest BCUT2D eigenvalue weighted by molar-refractivity contribution is 7.49. The van der Waals surface area contributed by atoms with E-state index < -0.39 is 95.3 Å². The molecule has 0 aliphatic carbocycles. The minimum absolute atomic E-state index is 0.0435. The monoisotopic (exact) mass is 1160 g/mol. The van der Waals surface area contributed by atoms with Gasteiger partial charge in [0.25, 0.3) is 0 Å². The Bertz CT molecular complexity index is 1900. The van der Waals surface area contributed by atoms with E-state index in [9.17, 15) is 19.2 Å². The van der Waals surface area contributed by atoms with E-state index in [4.69, 9.17) is 112 Å². The predicted molar refractivity (Wildman–Crippen MR) is 285 cm³/mol. The van der Waals surface area contributed by atoms with Crippen LogP contribution in [0.4, 0.5) is 9.59 Å². The molecule has 1 aliphatic heterocycles. The van der Waals surface area contributed by atoms with Crippen LogP contribution in [0.3, 0.4) is 0 Å². The summed E-state index contributed by atoms with van der Waals surface area (Å²) in [6, 6.07) is 14.3. The summed E-state index contributed by atoms with van der Waals surface area (Å²) in [5.74, 6) is -1.28. The molecule has 2 aromatic carbocycles. The van der Waals surface area contributed by atoms with Gasteiger partial charge in [-0.25, -0.2) is 14.2 Å². The molecule has 0 saturated carbocycles. The molecule has 1 amide bonds. The maximum absolute atomic E-state index is 15.1. The number of hydrogen-bond acceptors (Lipinski definition) is 14. The molecule has 0 bridgehead atoms. The molecule has 1 N–H and O–H groups in total. The second-order valence-corrected chi connectivity index (χ2v) is 24.5. The lowest BCUT2D eigenvalue weighted by atomic mass is 9.98.